The van der Waals surface area contributed by atoms with Crippen molar-refractivity contribution in [2.24, 2.45) is 5.73 Å². The lowest BCUT2D eigenvalue weighted by molar-refractivity contribution is 0.327. The highest BCUT2D eigenvalue weighted by molar-refractivity contribution is 7.98. The Hall–Kier alpha value is -0.270. The van der Waals surface area contributed by atoms with Gasteiger partial charge in [-0.3, -0.25) is 0 Å². The first-order chi connectivity index (χ1) is 8.01. The third kappa shape index (κ3) is 3.61. The number of halogens is 1. The first-order valence-corrected chi connectivity index (χ1v) is 8.14. The molecular weight excluding hydrogens is 292 g/mol. The molecule has 0 saturated heterocycles. The maximum atomic E-state index is 12.0. The second kappa shape index (κ2) is 6.25. The summed E-state index contributed by atoms with van der Waals surface area (Å²) in [6.45, 7) is 0. The van der Waals surface area contributed by atoms with Crippen LogP contribution in [0.4, 0.5) is 0 Å². The van der Waals surface area contributed by atoms with Crippen LogP contribution in [0.5, 0.6) is 0 Å². The van der Waals surface area contributed by atoms with Crippen molar-refractivity contribution in [1.29, 1.82) is 0 Å². The molecule has 0 heterocycles. The Kier molecular flexibility index (Phi) is 5.48. The zero-order valence-electron chi connectivity index (χ0n) is 10.00. The molecule has 1 saturated carbocycles. The van der Waals surface area contributed by atoms with Crippen molar-refractivity contribution >= 4 is 34.2 Å². The molecule has 0 spiro atoms. The van der Waals surface area contributed by atoms with Crippen LogP contribution >= 0.6 is 24.2 Å². The summed E-state index contributed by atoms with van der Waals surface area (Å²) in [4.78, 5) is 1.27. The molecule has 1 aliphatic carbocycles. The van der Waals surface area contributed by atoms with Gasteiger partial charge in [0.15, 0.2) is 0 Å². The van der Waals surface area contributed by atoms with E-state index in [-0.39, 0.29) is 24.5 Å². The maximum Gasteiger partial charge on any atom is 0.240 e. The molecule has 1 aliphatic rings. The number of sulfonamides is 1. The Morgan fingerprint density at radius 1 is 1.39 bits per heavy atom. The molecule has 0 radical (unpaired) electrons. The van der Waals surface area contributed by atoms with Gasteiger partial charge in [0.25, 0.3) is 0 Å². The topological polar surface area (TPSA) is 72.2 Å². The average molecular weight is 309 g/mol. The van der Waals surface area contributed by atoms with Crippen molar-refractivity contribution in [1.82, 2.24) is 4.72 Å². The van der Waals surface area contributed by atoms with Gasteiger partial charge in [-0.05, 0) is 37.3 Å². The smallest absolute Gasteiger partial charge is 0.240 e. The lowest BCUT2D eigenvalue weighted by atomic mass is 9.89. The van der Waals surface area contributed by atoms with Crippen LogP contribution in [0.2, 0.25) is 0 Å². The van der Waals surface area contributed by atoms with Gasteiger partial charge >= 0.3 is 0 Å². The van der Waals surface area contributed by atoms with Gasteiger partial charge in [-0.25, -0.2) is 13.1 Å². The van der Waals surface area contributed by atoms with E-state index in [2.05, 4.69) is 4.72 Å². The van der Waals surface area contributed by atoms with Crippen LogP contribution in [-0.4, -0.2) is 26.8 Å². The summed E-state index contributed by atoms with van der Waals surface area (Å²) in [5, 5.41) is 0. The highest BCUT2D eigenvalue weighted by atomic mass is 35.5. The Morgan fingerprint density at radius 2 is 2.06 bits per heavy atom. The lowest BCUT2D eigenvalue weighted by Crippen LogP contribution is -2.50. The average Bonchev–Trinajstić information content (AvgIpc) is 2.27. The second-order valence-electron chi connectivity index (χ2n) is 4.23. The van der Waals surface area contributed by atoms with E-state index in [1.165, 1.54) is 11.8 Å². The van der Waals surface area contributed by atoms with Gasteiger partial charge in [0.2, 0.25) is 10.0 Å². The summed E-state index contributed by atoms with van der Waals surface area (Å²) in [5.41, 5.74) is 5.63. The summed E-state index contributed by atoms with van der Waals surface area (Å²) in [6.07, 6.45) is 3.37. The number of hydrogen-bond acceptors (Lipinski definition) is 4. The Bertz CT molecular complexity index is 502. The normalized spacial score (nSPS) is 23.0. The molecule has 3 N–H and O–H groups in total. The van der Waals surface area contributed by atoms with Gasteiger partial charge in [0.1, 0.15) is 0 Å². The minimum absolute atomic E-state index is 0. The third-order valence-corrected chi connectivity index (χ3v) is 5.09. The van der Waals surface area contributed by atoms with Crippen LogP contribution in [0, 0.1) is 0 Å². The van der Waals surface area contributed by atoms with Crippen molar-refractivity contribution in [2.45, 2.75) is 34.7 Å². The van der Waals surface area contributed by atoms with Crippen LogP contribution in [-0.2, 0) is 10.0 Å². The molecule has 102 valence electrons. The first-order valence-electron chi connectivity index (χ1n) is 5.43. The second-order valence-corrected chi connectivity index (χ2v) is 6.82. The fourth-order valence-corrected chi connectivity index (χ4v) is 3.66. The van der Waals surface area contributed by atoms with Crippen molar-refractivity contribution in [3.8, 4) is 0 Å². The summed E-state index contributed by atoms with van der Waals surface area (Å²) in [5.74, 6) is 0. The number of nitrogens with one attached hydrogen (secondary N) is 1. The molecule has 1 fully saturated rings. The van der Waals surface area contributed by atoms with Crippen molar-refractivity contribution in [3.63, 3.8) is 0 Å². The van der Waals surface area contributed by atoms with E-state index in [0.717, 1.165) is 17.7 Å². The van der Waals surface area contributed by atoms with Crippen molar-refractivity contribution in [3.05, 3.63) is 24.3 Å². The van der Waals surface area contributed by atoms with E-state index in [4.69, 9.17) is 5.73 Å². The number of hydrogen-bond donors (Lipinski definition) is 2. The highest BCUT2D eigenvalue weighted by Gasteiger charge is 2.30. The molecule has 1 aromatic carbocycles. The molecule has 0 atom stereocenters. The fourth-order valence-electron chi connectivity index (χ4n) is 1.81. The van der Waals surface area contributed by atoms with E-state index in [0.29, 0.717) is 4.90 Å². The fraction of sp³-hybridized carbons (Fsp3) is 0.455. The monoisotopic (exact) mass is 308 g/mol. The van der Waals surface area contributed by atoms with E-state index in [1.54, 1.807) is 18.2 Å². The summed E-state index contributed by atoms with van der Waals surface area (Å²) >= 11 is 1.53. The number of rotatable bonds is 4. The molecule has 0 bridgehead atoms. The standard InChI is InChI=1S/C11H16N2O2S2.ClH/c1-16-10-3-2-4-11(7-10)17(14,15)13-9-5-8(12)6-9;/h2-4,7-9,13H,5-6,12H2,1H3;1H. The maximum absolute atomic E-state index is 12.0. The minimum Gasteiger partial charge on any atom is -0.328 e. The van der Waals surface area contributed by atoms with Gasteiger partial charge in [0, 0.05) is 17.0 Å². The summed E-state index contributed by atoms with van der Waals surface area (Å²) in [7, 11) is -3.40. The van der Waals surface area contributed by atoms with Gasteiger partial charge in [-0.15, -0.1) is 24.2 Å². The molecule has 7 heteroatoms. The van der Waals surface area contributed by atoms with Crippen molar-refractivity contribution < 1.29 is 8.42 Å². The molecule has 1 aromatic rings. The third-order valence-electron chi connectivity index (χ3n) is 2.85. The Morgan fingerprint density at radius 3 is 2.61 bits per heavy atom. The zero-order chi connectivity index (χ0) is 12.5. The van der Waals surface area contributed by atoms with Gasteiger partial charge in [-0.2, -0.15) is 0 Å². The molecule has 18 heavy (non-hydrogen) atoms. The minimum atomic E-state index is -3.40. The highest BCUT2D eigenvalue weighted by Crippen LogP contribution is 2.22. The van der Waals surface area contributed by atoms with Crippen molar-refractivity contribution in [2.75, 3.05) is 6.26 Å². The molecule has 2 rings (SSSR count). The van der Waals surface area contributed by atoms with E-state index < -0.39 is 10.0 Å². The van der Waals surface area contributed by atoms with Crippen LogP contribution < -0.4 is 10.5 Å². The molecule has 0 amide bonds. The molecule has 0 unspecified atom stereocenters. The Labute approximate surface area is 118 Å². The van der Waals surface area contributed by atoms with Gasteiger partial charge in [0.05, 0.1) is 4.90 Å². The lowest BCUT2D eigenvalue weighted by Gasteiger charge is -2.32. The van der Waals surface area contributed by atoms with Crippen LogP contribution in [0.1, 0.15) is 12.8 Å². The number of benzene rings is 1. The predicted molar refractivity (Wildman–Crippen MR) is 76.8 cm³/mol. The predicted octanol–water partition coefficient (Wildman–Crippen LogP) is 1.60. The van der Waals surface area contributed by atoms with Crippen LogP contribution in [0.25, 0.3) is 0 Å². The quantitative estimate of drug-likeness (QED) is 0.829. The zero-order valence-corrected chi connectivity index (χ0v) is 12.4. The first kappa shape index (κ1) is 15.8. The van der Waals surface area contributed by atoms with Crippen LogP contribution in [0.15, 0.2) is 34.1 Å². The summed E-state index contributed by atoms with van der Waals surface area (Å²) in [6, 6.07) is 7.08. The number of nitrogens with two attached hydrogens (primary N) is 1. The SMILES string of the molecule is CSc1cccc(S(=O)(=O)NC2CC(N)C2)c1.Cl. The molecule has 4 nitrogen and oxygen atoms in total. The molecule has 0 aromatic heterocycles. The van der Waals surface area contributed by atoms with E-state index in [1.807, 2.05) is 12.3 Å². The van der Waals surface area contributed by atoms with Gasteiger partial charge in [-0.1, -0.05) is 6.07 Å². The molecule has 0 aliphatic heterocycles. The molecular formula is C11H17ClN2O2S2. The number of thioether (sulfide) groups is 1. The van der Waals surface area contributed by atoms with E-state index in [9.17, 15) is 8.42 Å². The van der Waals surface area contributed by atoms with Crippen LogP contribution in [0.3, 0.4) is 0 Å². The Balaban J connectivity index is 0.00000162. The summed E-state index contributed by atoms with van der Waals surface area (Å²) < 4.78 is 26.8. The van der Waals surface area contributed by atoms with E-state index >= 15 is 0 Å². The largest absolute Gasteiger partial charge is 0.328 e. The van der Waals surface area contributed by atoms with Gasteiger partial charge < -0.3 is 5.73 Å².